The van der Waals surface area contributed by atoms with Crippen molar-refractivity contribution in [2.75, 3.05) is 0 Å². The van der Waals surface area contributed by atoms with E-state index in [0.717, 1.165) is 12.8 Å². The number of hydrogen-bond donors (Lipinski definition) is 0. The summed E-state index contributed by atoms with van der Waals surface area (Å²) in [5.41, 5.74) is 3.14. The molecule has 0 saturated heterocycles. The number of rotatable bonds is 8. The summed E-state index contributed by atoms with van der Waals surface area (Å²) in [6.45, 7) is 0. The van der Waals surface area contributed by atoms with Gasteiger partial charge >= 0.3 is 5.97 Å². The van der Waals surface area contributed by atoms with Gasteiger partial charge in [0.1, 0.15) is 6.10 Å². The molecule has 0 aromatic heterocycles. The molecular formula is C19H18NO4Si. The van der Waals surface area contributed by atoms with Crippen molar-refractivity contribution in [3.8, 4) is 0 Å². The SMILES string of the molecule is O=C(O[C@@H](/C=C/[Si])CCCc1ccccc1)c1ccc([N+](=O)[O-])cc1. The second kappa shape index (κ2) is 9.54. The van der Waals surface area contributed by atoms with Crippen molar-refractivity contribution < 1.29 is 14.5 Å². The van der Waals surface area contributed by atoms with E-state index in [-0.39, 0.29) is 11.8 Å². The van der Waals surface area contributed by atoms with Crippen LogP contribution >= 0.6 is 0 Å². The van der Waals surface area contributed by atoms with Crippen LogP contribution in [0.5, 0.6) is 0 Å². The minimum Gasteiger partial charge on any atom is -0.455 e. The number of ether oxygens (including phenoxy) is 1. The van der Waals surface area contributed by atoms with E-state index < -0.39 is 10.9 Å². The van der Waals surface area contributed by atoms with Crippen LogP contribution in [-0.4, -0.2) is 27.2 Å². The predicted molar refractivity (Wildman–Crippen MR) is 96.6 cm³/mol. The summed E-state index contributed by atoms with van der Waals surface area (Å²) in [5, 5.41) is 10.7. The van der Waals surface area contributed by atoms with Gasteiger partial charge in [-0.1, -0.05) is 36.4 Å². The van der Waals surface area contributed by atoms with Crippen molar-refractivity contribution in [3.05, 3.63) is 87.6 Å². The van der Waals surface area contributed by atoms with Crippen molar-refractivity contribution in [3.63, 3.8) is 0 Å². The maximum absolute atomic E-state index is 12.2. The van der Waals surface area contributed by atoms with Crippen molar-refractivity contribution in [2.24, 2.45) is 0 Å². The summed E-state index contributed by atoms with van der Waals surface area (Å²) in [6, 6.07) is 15.5. The molecule has 0 bridgehead atoms. The summed E-state index contributed by atoms with van der Waals surface area (Å²) < 4.78 is 5.49. The highest BCUT2D eigenvalue weighted by Gasteiger charge is 2.15. The lowest BCUT2D eigenvalue weighted by Gasteiger charge is -2.14. The lowest BCUT2D eigenvalue weighted by atomic mass is 10.1. The number of benzene rings is 2. The van der Waals surface area contributed by atoms with E-state index in [4.69, 9.17) is 4.74 Å². The normalized spacial score (nSPS) is 12.0. The van der Waals surface area contributed by atoms with Crippen LogP contribution in [0.15, 0.2) is 66.4 Å². The van der Waals surface area contributed by atoms with Gasteiger partial charge in [0.25, 0.3) is 5.69 Å². The van der Waals surface area contributed by atoms with Gasteiger partial charge in [-0.15, -0.1) is 5.70 Å². The molecule has 0 N–H and O–H groups in total. The fourth-order valence-corrected chi connectivity index (χ4v) is 2.59. The van der Waals surface area contributed by atoms with Crippen LogP contribution in [0.4, 0.5) is 5.69 Å². The Balaban J connectivity index is 1.91. The van der Waals surface area contributed by atoms with Gasteiger partial charge in [0, 0.05) is 12.1 Å². The summed E-state index contributed by atoms with van der Waals surface area (Å²) in [4.78, 5) is 22.4. The molecule has 2 rings (SSSR count). The molecule has 0 heterocycles. The molecule has 5 nitrogen and oxygen atoms in total. The zero-order valence-electron chi connectivity index (χ0n) is 13.6. The summed E-state index contributed by atoms with van der Waals surface area (Å²) in [6.07, 6.45) is 3.88. The quantitative estimate of drug-likeness (QED) is 0.313. The van der Waals surface area contributed by atoms with Crippen LogP contribution in [0.2, 0.25) is 0 Å². The maximum Gasteiger partial charge on any atom is 0.338 e. The van der Waals surface area contributed by atoms with E-state index >= 15 is 0 Å². The number of nitro benzene ring substituents is 1. The average molecular weight is 352 g/mol. The van der Waals surface area contributed by atoms with E-state index in [2.05, 4.69) is 22.4 Å². The van der Waals surface area contributed by atoms with Gasteiger partial charge in [0.05, 0.1) is 20.7 Å². The molecule has 2 aromatic carbocycles. The van der Waals surface area contributed by atoms with Crippen LogP contribution in [0.3, 0.4) is 0 Å². The van der Waals surface area contributed by atoms with Gasteiger partial charge in [-0.25, -0.2) is 4.79 Å². The standard InChI is InChI=1S/C19H18NO4Si/c21-19(16-9-11-17(12-10-16)20(22)23)24-18(13-14-25)8-4-7-15-5-2-1-3-6-15/h1-3,5-6,9-14,18H,4,7-8H2/b14-13+/t18-/m1/s1. The fraction of sp³-hybridized carbons (Fsp3) is 0.211. The van der Waals surface area contributed by atoms with Gasteiger partial charge in [0.2, 0.25) is 0 Å². The molecule has 127 valence electrons. The smallest absolute Gasteiger partial charge is 0.338 e. The van der Waals surface area contributed by atoms with E-state index in [1.807, 2.05) is 18.2 Å². The van der Waals surface area contributed by atoms with E-state index in [0.29, 0.717) is 12.0 Å². The minimum absolute atomic E-state index is 0.0592. The number of carbonyl (C=O) groups excluding carboxylic acids is 1. The molecule has 0 unspecified atom stereocenters. The monoisotopic (exact) mass is 352 g/mol. The Morgan fingerprint density at radius 1 is 1.16 bits per heavy atom. The highest BCUT2D eigenvalue weighted by Crippen LogP contribution is 2.15. The Bertz CT molecular complexity index is 729. The Labute approximate surface area is 149 Å². The molecule has 25 heavy (non-hydrogen) atoms. The third kappa shape index (κ3) is 6.00. The maximum atomic E-state index is 12.2. The van der Waals surface area contributed by atoms with Crippen molar-refractivity contribution in [1.29, 1.82) is 0 Å². The molecule has 0 aliphatic carbocycles. The number of nitrogens with zero attached hydrogens (tertiary/aromatic N) is 1. The van der Waals surface area contributed by atoms with Gasteiger partial charge in [0.15, 0.2) is 0 Å². The van der Waals surface area contributed by atoms with E-state index in [1.54, 1.807) is 11.8 Å². The lowest BCUT2D eigenvalue weighted by Crippen LogP contribution is -2.16. The molecule has 0 aliphatic rings. The van der Waals surface area contributed by atoms with Gasteiger partial charge in [-0.3, -0.25) is 10.1 Å². The van der Waals surface area contributed by atoms with Crippen molar-refractivity contribution in [1.82, 2.24) is 0 Å². The molecule has 3 radical (unpaired) electrons. The molecule has 0 amide bonds. The first-order valence-corrected chi connectivity index (χ1v) is 8.51. The highest BCUT2D eigenvalue weighted by molar-refractivity contribution is 6.17. The zero-order valence-corrected chi connectivity index (χ0v) is 14.6. The second-order valence-corrected chi connectivity index (χ2v) is 5.82. The minimum atomic E-state index is -0.505. The number of hydrogen-bond acceptors (Lipinski definition) is 4. The number of nitro groups is 1. The van der Waals surface area contributed by atoms with Crippen LogP contribution in [0.1, 0.15) is 28.8 Å². The van der Waals surface area contributed by atoms with Crippen molar-refractivity contribution in [2.45, 2.75) is 25.4 Å². The van der Waals surface area contributed by atoms with Crippen LogP contribution in [0, 0.1) is 10.1 Å². The van der Waals surface area contributed by atoms with Gasteiger partial charge < -0.3 is 4.74 Å². The Morgan fingerprint density at radius 3 is 2.44 bits per heavy atom. The topological polar surface area (TPSA) is 69.4 Å². The number of carbonyl (C=O) groups is 1. The van der Waals surface area contributed by atoms with Crippen molar-refractivity contribution >= 4 is 21.9 Å². The predicted octanol–water partition coefficient (Wildman–Crippen LogP) is 3.83. The third-order valence-electron chi connectivity index (χ3n) is 3.68. The second-order valence-electron chi connectivity index (χ2n) is 5.48. The Morgan fingerprint density at radius 2 is 1.84 bits per heavy atom. The summed E-state index contributed by atoms with van der Waals surface area (Å²) in [7, 11) is 3.26. The molecule has 0 aliphatic heterocycles. The first-order valence-electron chi connectivity index (χ1n) is 7.93. The summed E-state index contributed by atoms with van der Waals surface area (Å²) in [5.74, 6) is -0.496. The molecular weight excluding hydrogens is 334 g/mol. The number of esters is 1. The van der Waals surface area contributed by atoms with Crippen LogP contribution in [-0.2, 0) is 11.2 Å². The Kier molecular flexibility index (Phi) is 7.10. The average Bonchev–Trinajstić information content (AvgIpc) is 2.62. The molecule has 0 saturated carbocycles. The van der Waals surface area contributed by atoms with E-state index in [9.17, 15) is 14.9 Å². The molecule has 2 aromatic rings. The first kappa shape index (κ1) is 18.6. The Hall–Kier alpha value is -2.73. The lowest BCUT2D eigenvalue weighted by molar-refractivity contribution is -0.384. The zero-order chi connectivity index (χ0) is 18.1. The largest absolute Gasteiger partial charge is 0.455 e. The van der Waals surface area contributed by atoms with Gasteiger partial charge in [-0.2, -0.15) is 0 Å². The molecule has 0 fully saturated rings. The number of aryl methyl sites for hydroxylation is 1. The summed E-state index contributed by atoms with van der Waals surface area (Å²) >= 11 is 0. The molecule has 0 spiro atoms. The van der Waals surface area contributed by atoms with Crippen LogP contribution < -0.4 is 0 Å². The highest BCUT2D eigenvalue weighted by atomic mass is 28.1. The third-order valence-corrected chi connectivity index (χ3v) is 3.87. The van der Waals surface area contributed by atoms with Gasteiger partial charge in [-0.05, 0) is 37.0 Å². The molecule has 6 heteroatoms. The first-order chi connectivity index (χ1) is 12.1. The van der Waals surface area contributed by atoms with Crippen LogP contribution in [0.25, 0.3) is 0 Å². The fourth-order valence-electron chi connectivity index (χ4n) is 2.38. The van der Waals surface area contributed by atoms with E-state index in [1.165, 1.54) is 29.8 Å². The number of non-ortho nitro benzene ring substituents is 1. The molecule has 1 atom stereocenters.